The number of nitrogens with zero attached hydrogens (tertiary/aromatic N) is 1. The third-order valence-electron chi connectivity index (χ3n) is 1.93. The average molecular weight is 250 g/mol. The molecule has 14 heavy (non-hydrogen) atoms. The molecule has 0 aliphatic carbocycles. The first kappa shape index (κ1) is 9.21. The standard InChI is InChI=1S/C11H8BrNO/c12-10-5-3-9(4-6-10)11(14)13-7-1-2-8-13/h1-8H. The van der Waals surface area contributed by atoms with Gasteiger partial charge in [-0.3, -0.25) is 9.36 Å². The first-order valence-electron chi connectivity index (χ1n) is 4.20. The summed E-state index contributed by atoms with van der Waals surface area (Å²) in [6.07, 6.45) is 3.48. The van der Waals surface area contributed by atoms with Gasteiger partial charge in [0.2, 0.25) is 0 Å². The zero-order valence-electron chi connectivity index (χ0n) is 7.35. The minimum Gasteiger partial charge on any atom is -0.291 e. The molecule has 2 rings (SSSR count). The maximum absolute atomic E-state index is 11.8. The van der Waals surface area contributed by atoms with Gasteiger partial charge in [0.05, 0.1) is 0 Å². The van der Waals surface area contributed by atoms with Gasteiger partial charge in [0.1, 0.15) is 0 Å². The van der Waals surface area contributed by atoms with Crippen LogP contribution >= 0.6 is 15.9 Å². The molecule has 0 spiro atoms. The van der Waals surface area contributed by atoms with Crippen LogP contribution in [-0.4, -0.2) is 10.5 Å². The Bertz CT molecular complexity index is 431. The highest BCUT2D eigenvalue weighted by molar-refractivity contribution is 9.10. The quantitative estimate of drug-likeness (QED) is 0.762. The molecular formula is C11H8BrNO. The Kier molecular flexibility index (Phi) is 2.50. The van der Waals surface area contributed by atoms with Gasteiger partial charge in [-0.2, -0.15) is 0 Å². The van der Waals surface area contributed by atoms with Gasteiger partial charge >= 0.3 is 0 Å². The van der Waals surface area contributed by atoms with Crippen LogP contribution in [-0.2, 0) is 0 Å². The van der Waals surface area contributed by atoms with Gasteiger partial charge in [0.25, 0.3) is 5.91 Å². The van der Waals surface area contributed by atoms with Gasteiger partial charge in [0.15, 0.2) is 0 Å². The Balaban J connectivity index is 2.33. The Labute approximate surface area is 90.3 Å². The zero-order chi connectivity index (χ0) is 9.97. The molecule has 0 radical (unpaired) electrons. The van der Waals surface area contributed by atoms with E-state index >= 15 is 0 Å². The van der Waals surface area contributed by atoms with Crippen molar-refractivity contribution in [2.45, 2.75) is 0 Å². The normalized spacial score (nSPS) is 10.1. The van der Waals surface area contributed by atoms with Crippen molar-refractivity contribution in [3.05, 3.63) is 58.8 Å². The molecule has 1 aromatic heterocycles. The Morgan fingerprint density at radius 3 is 2.21 bits per heavy atom. The van der Waals surface area contributed by atoms with E-state index in [1.165, 1.54) is 0 Å². The van der Waals surface area contributed by atoms with E-state index in [1.54, 1.807) is 29.1 Å². The number of carbonyl (C=O) groups is 1. The molecule has 0 N–H and O–H groups in total. The number of rotatable bonds is 1. The third kappa shape index (κ3) is 1.77. The van der Waals surface area contributed by atoms with Crippen LogP contribution < -0.4 is 0 Å². The molecule has 70 valence electrons. The van der Waals surface area contributed by atoms with Crippen molar-refractivity contribution in [2.24, 2.45) is 0 Å². The van der Waals surface area contributed by atoms with E-state index in [0.717, 1.165) is 4.47 Å². The van der Waals surface area contributed by atoms with Crippen LogP contribution in [0.4, 0.5) is 0 Å². The molecule has 0 fully saturated rings. The van der Waals surface area contributed by atoms with Gasteiger partial charge in [-0.1, -0.05) is 15.9 Å². The van der Waals surface area contributed by atoms with E-state index in [1.807, 2.05) is 24.3 Å². The van der Waals surface area contributed by atoms with Crippen LogP contribution in [0.3, 0.4) is 0 Å². The molecule has 0 saturated heterocycles. The van der Waals surface area contributed by atoms with E-state index in [0.29, 0.717) is 5.56 Å². The minimum atomic E-state index is -0.0116. The van der Waals surface area contributed by atoms with Crippen LogP contribution in [0.1, 0.15) is 10.4 Å². The van der Waals surface area contributed by atoms with Crippen LogP contribution in [0.5, 0.6) is 0 Å². The lowest BCUT2D eigenvalue weighted by Gasteiger charge is -2.01. The fraction of sp³-hybridized carbons (Fsp3) is 0. The van der Waals surface area contributed by atoms with Crippen LogP contribution in [0.2, 0.25) is 0 Å². The van der Waals surface area contributed by atoms with Gasteiger partial charge in [-0.15, -0.1) is 0 Å². The highest BCUT2D eigenvalue weighted by Crippen LogP contribution is 2.11. The smallest absolute Gasteiger partial charge is 0.261 e. The van der Waals surface area contributed by atoms with E-state index in [9.17, 15) is 4.79 Å². The summed E-state index contributed by atoms with van der Waals surface area (Å²) in [6, 6.07) is 11.0. The molecule has 0 saturated carbocycles. The molecule has 0 atom stereocenters. The molecule has 0 aliphatic rings. The summed E-state index contributed by atoms with van der Waals surface area (Å²) in [5.41, 5.74) is 0.685. The van der Waals surface area contributed by atoms with Gasteiger partial charge in [-0.25, -0.2) is 0 Å². The predicted molar refractivity (Wildman–Crippen MR) is 58.3 cm³/mol. The number of benzene rings is 1. The molecule has 0 unspecified atom stereocenters. The summed E-state index contributed by atoms with van der Waals surface area (Å²) >= 11 is 3.33. The third-order valence-corrected chi connectivity index (χ3v) is 2.46. The van der Waals surface area contributed by atoms with Gasteiger partial charge < -0.3 is 0 Å². The molecule has 1 aromatic carbocycles. The number of halogens is 1. The molecule has 0 amide bonds. The maximum Gasteiger partial charge on any atom is 0.261 e. The molecule has 2 nitrogen and oxygen atoms in total. The summed E-state index contributed by atoms with van der Waals surface area (Å²) < 4.78 is 2.53. The second-order valence-corrected chi connectivity index (χ2v) is 3.82. The number of hydrogen-bond donors (Lipinski definition) is 0. The van der Waals surface area contributed by atoms with Crippen molar-refractivity contribution < 1.29 is 4.79 Å². The Morgan fingerprint density at radius 1 is 1.07 bits per heavy atom. The first-order chi connectivity index (χ1) is 6.77. The predicted octanol–water partition coefficient (Wildman–Crippen LogP) is 2.94. The topological polar surface area (TPSA) is 22.0 Å². The Hall–Kier alpha value is -1.35. The summed E-state index contributed by atoms with van der Waals surface area (Å²) in [4.78, 5) is 11.8. The number of aromatic nitrogens is 1. The van der Waals surface area contributed by atoms with Crippen molar-refractivity contribution in [3.63, 3.8) is 0 Å². The van der Waals surface area contributed by atoms with Gasteiger partial charge in [-0.05, 0) is 36.4 Å². The van der Waals surface area contributed by atoms with Crippen LogP contribution in [0.25, 0.3) is 0 Å². The summed E-state index contributed by atoms with van der Waals surface area (Å²) in [6.45, 7) is 0. The summed E-state index contributed by atoms with van der Waals surface area (Å²) in [7, 11) is 0. The van der Waals surface area contributed by atoms with Crippen molar-refractivity contribution >= 4 is 21.8 Å². The average Bonchev–Trinajstić information content (AvgIpc) is 2.71. The van der Waals surface area contributed by atoms with E-state index in [2.05, 4.69) is 15.9 Å². The molecule has 3 heteroatoms. The first-order valence-corrected chi connectivity index (χ1v) is 5.00. The molecular weight excluding hydrogens is 242 g/mol. The van der Waals surface area contributed by atoms with Gasteiger partial charge in [0, 0.05) is 22.4 Å². The SMILES string of the molecule is O=C(c1ccc(Br)cc1)n1cccc1. The van der Waals surface area contributed by atoms with E-state index < -0.39 is 0 Å². The Morgan fingerprint density at radius 2 is 1.64 bits per heavy atom. The molecule has 0 bridgehead atoms. The van der Waals surface area contributed by atoms with E-state index in [-0.39, 0.29) is 5.91 Å². The fourth-order valence-electron chi connectivity index (χ4n) is 1.21. The lowest BCUT2D eigenvalue weighted by Crippen LogP contribution is -2.08. The fourth-order valence-corrected chi connectivity index (χ4v) is 1.48. The summed E-state index contributed by atoms with van der Waals surface area (Å²) in [5, 5.41) is 0. The van der Waals surface area contributed by atoms with Crippen molar-refractivity contribution in [3.8, 4) is 0 Å². The highest BCUT2D eigenvalue weighted by Gasteiger charge is 2.05. The maximum atomic E-state index is 11.8. The lowest BCUT2D eigenvalue weighted by molar-refractivity contribution is 0.0960. The number of carbonyl (C=O) groups excluding carboxylic acids is 1. The lowest BCUT2D eigenvalue weighted by atomic mass is 10.2. The second-order valence-electron chi connectivity index (χ2n) is 2.90. The monoisotopic (exact) mass is 249 g/mol. The van der Waals surface area contributed by atoms with Crippen LogP contribution in [0.15, 0.2) is 53.3 Å². The minimum absolute atomic E-state index is 0.0116. The summed E-state index contributed by atoms with van der Waals surface area (Å²) in [5.74, 6) is -0.0116. The van der Waals surface area contributed by atoms with Crippen molar-refractivity contribution in [1.29, 1.82) is 0 Å². The molecule has 1 heterocycles. The molecule has 0 aliphatic heterocycles. The zero-order valence-corrected chi connectivity index (χ0v) is 8.94. The molecule has 2 aromatic rings. The largest absolute Gasteiger partial charge is 0.291 e. The second kappa shape index (κ2) is 3.80. The van der Waals surface area contributed by atoms with Crippen LogP contribution in [0, 0.1) is 0 Å². The van der Waals surface area contributed by atoms with Crippen molar-refractivity contribution in [2.75, 3.05) is 0 Å². The van der Waals surface area contributed by atoms with E-state index in [4.69, 9.17) is 0 Å². The number of hydrogen-bond acceptors (Lipinski definition) is 1. The highest BCUT2D eigenvalue weighted by atomic mass is 79.9. The van der Waals surface area contributed by atoms with Crippen molar-refractivity contribution in [1.82, 2.24) is 4.57 Å².